The Balaban J connectivity index is 2.62. The summed E-state index contributed by atoms with van der Waals surface area (Å²) >= 11 is 0. The molecule has 1 aromatic rings. The molecule has 0 saturated carbocycles. The summed E-state index contributed by atoms with van der Waals surface area (Å²) in [6, 6.07) is 0. The van der Waals surface area contributed by atoms with E-state index in [1.807, 2.05) is 0 Å². The van der Waals surface area contributed by atoms with Crippen molar-refractivity contribution in [2.75, 3.05) is 0 Å². The molecule has 2 heteroatoms. The van der Waals surface area contributed by atoms with Crippen LogP contribution in [0.1, 0.15) is 90.5 Å². The number of hydrogen-bond donors (Lipinski definition) is 0. The van der Waals surface area contributed by atoms with Crippen LogP contribution in [0.3, 0.4) is 0 Å². The summed E-state index contributed by atoms with van der Waals surface area (Å²) in [5.74, 6) is 0.587. The Bertz CT molecular complexity index is 576. The zero-order valence-electron chi connectivity index (χ0n) is 16.2. The summed E-state index contributed by atoms with van der Waals surface area (Å²) < 4.78 is 0. The maximum Gasteiger partial charge on any atom is 0.0686 e. The molecule has 1 unspecified atom stereocenters. The molecule has 1 aliphatic rings. The maximum atomic E-state index is 5.23. The molecule has 2 rings (SSSR count). The Kier molecular flexibility index (Phi) is 5.33. The Morgan fingerprint density at radius 3 is 1.83 bits per heavy atom. The molecule has 0 aromatic carbocycles. The zero-order valence-corrected chi connectivity index (χ0v) is 16.2. The molecule has 1 atom stereocenters. The lowest BCUT2D eigenvalue weighted by molar-refractivity contribution is 0.316. The summed E-state index contributed by atoms with van der Waals surface area (Å²) in [6.45, 7) is 16.1. The molecule has 23 heavy (non-hydrogen) atoms. The van der Waals surface area contributed by atoms with Gasteiger partial charge in [-0.15, -0.1) is 0 Å². The van der Waals surface area contributed by atoms with Crippen molar-refractivity contribution in [2.45, 2.75) is 91.4 Å². The molecule has 0 N–H and O–H groups in total. The highest BCUT2D eigenvalue weighted by Gasteiger charge is 2.35. The van der Waals surface area contributed by atoms with Gasteiger partial charge in [-0.3, -0.25) is 9.97 Å². The van der Waals surface area contributed by atoms with Crippen molar-refractivity contribution in [3.05, 3.63) is 34.9 Å². The van der Waals surface area contributed by atoms with Crippen molar-refractivity contribution >= 4 is 0 Å². The third kappa shape index (κ3) is 3.84. The number of nitrogens with zero attached hydrogens (tertiary/aromatic N) is 2. The number of aromatic nitrogens is 2. The van der Waals surface area contributed by atoms with Crippen molar-refractivity contribution in [1.29, 1.82) is 0 Å². The highest BCUT2D eigenvalue weighted by molar-refractivity contribution is 5.32. The highest BCUT2D eigenvalue weighted by atomic mass is 14.9. The lowest BCUT2D eigenvalue weighted by atomic mass is 9.72. The van der Waals surface area contributed by atoms with E-state index in [9.17, 15) is 0 Å². The Morgan fingerprint density at radius 2 is 1.39 bits per heavy atom. The van der Waals surface area contributed by atoms with Gasteiger partial charge in [0.15, 0.2) is 0 Å². The van der Waals surface area contributed by atoms with Gasteiger partial charge in [0.2, 0.25) is 0 Å². The standard InChI is InChI=1S/C21H34N2/c1-8-15(2)21(6,7)19-18(20(3,4)5)22-16-13-11-9-10-12-14-17(16)23-19/h9-10,15H,8,11-14H2,1-7H3/b10-9+. The van der Waals surface area contributed by atoms with Crippen molar-refractivity contribution < 1.29 is 0 Å². The minimum Gasteiger partial charge on any atom is -0.253 e. The fraction of sp³-hybridized carbons (Fsp3) is 0.714. The molecule has 0 saturated heterocycles. The molecule has 0 spiro atoms. The Morgan fingerprint density at radius 1 is 0.913 bits per heavy atom. The van der Waals surface area contributed by atoms with Gasteiger partial charge in [0.25, 0.3) is 0 Å². The van der Waals surface area contributed by atoms with E-state index in [4.69, 9.17) is 9.97 Å². The first-order valence-electron chi connectivity index (χ1n) is 9.23. The smallest absolute Gasteiger partial charge is 0.0686 e. The molecule has 1 aliphatic carbocycles. The van der Waals surface area contributed by atoms with Crippen molar-refractivity contribution in [3.63, 3.8) is 0 Å². The van der Waals surface area contributed by atoms with Crippen LogP contribution in [0.4, 0.5) is 0 Å². The van der Waals surface area contributed by atoms with E-state index in [0.717, 1.165) is 32.1 Å². The lowest BCUT2D eigenvalue weighted by Crippen LogP contribution is -2.33. The predicted octanol–water partition coefficient (Wildman–Crippen LogP) is 5.53. The van der Waals surface area contributed by atoms with E-state index in [1.165, 1.54) is 22.8 Å². The number of fused-ring (bicyclic) bond motifs is 1. The van der Waals surface area contributed by atoms with Crippen LogP contribution in [-0.2, 0) is 23.7 Å². The summed E-state index contributed by atoms with van der Waals surface area (Å²) in [4.78, 5) is 10.4. The van der Waals surface area contributed by atoms with Gasteiger partial charge in [0.05, 0.1) is 22.8 Å². The molecule has 0 amide bonds. The van der Waals surface area contributed by atoms with Crippen LogP contribution in [0.5, 0.6) is 0 Å². The number of allylic oxidation sites excluding steroid dienone is 2. The largest absolute Gasteiger partial charge is 0.253 e. The topological polar surface area (TPSA) is 25.8 Å². The van der Waals surface area contributed by atoms with Gasteiger partial charge in [-0.1, -0.05) is 67.0 Å². The fourth-order valence-electron chi connectivity index (χ4n) is 3.30. The van der Waals surface area contributed by atoms with E-state index in [1.54, 1.807) is 0 Å². The molecule has 0 bridgehead atoms. The molecular weight excluding hydrogens is 280 g/mol. The van der Waals surface area contributed by atoms with E-state index in [0.29, 0.717) is 5.92 Å². The SMILES string of the molecule is CCC(C)C(C)(C)c1nc2c(nc1C(C)(C)C)CC/C=C/CC2. The van der Waals surface area contributed by atoms with Crippen molar-refractivity contribution in [3.8, 4) is 0 Å². The predicted molar refractivity (Wildman–Crippen MR) is 99.0 cm³/mol. The van der Waals surface area contributed by atoms with Gasteiger partial charge in [-0.2, -0.15) is 0 Å². The van der Waals surface area contributed by atoms with Crippen molar-refractivity contribution in [2.24, 2.45) is 5.92 Å². The molecule has 1 heterocycles. The van der Waals surface area contributed by atoms with E-state index in [-0.39, 0.29) is 10.8 Å². The fourth-order valence-corrected chi connectivity index (χ4v) is 3.30. The van der Waals surface area contributed by atoms with E-state index in [2.05, 4.69) is 60.6 Å². The second kappa shape index (κ2) is 6.75. The molecule has 128 valence electrons. The lowest BCUT2D eigenvalue weighted by Gasteiger charge is -2.35. The minimum absolute atomic E-state index is 0.0281. The van der Waals surface area contributed by atoms with Gasteiger partial charge in [-0.25, -0.2) is 0 Å². The first kappa shape index (κ1) is 18.2. The second-order valence-corrected chi connectivity index (χ2v) is 8.64. The van der Waals surface area contributed by atoms with Crippen LogP contribution in [0, 0.1) is 5.92 Å². The van der Waals surface area contributed by atoms with Crippen LogP contribution in [0.25, 0.3) is 0 Å². The quantitative estimate of drug-likeness (QED) is 0.685. The highest BCUT2D eigenvalue weighted by Crippen LogP contribution is 2.38. The third-order valence-electron chi connectivity index (χ3n) is 5.48. The van der Waals surface area contributed by atoms with Crippen LogP contribution in [0.15, 0.2) is 12.2 Å². The first-order valence-corrected chi connectivity index (χ1v) is 9.23. The van der Waals surface area contributed by atoms with Crippen LogP contribution in [0.2, 0.25) is 0 Å². The molecule has 0 aliphatic heterocycles. The van der Waals surface area contributed by atoms with Crippen LogP contribution in [-0.4, -0.2) is 9.97 Å². The average molecular weight is 315 g/mol. The zero-order chi connectivity index (χ0) is 17.3. The molecule has 0 fully saturated rings. The summed E-state index contributed by atoms with van der Waals surface area (Å²) in [5, 5.41) is 0. The molecule has 1 aromatic heterocycles. The Labute approximate surface area is 142 Å². The van der Waals surface area contributed by atoms with E-state index >= 15 is 0 Å². The first-order chi connectivity index (χ1) is 10.7. The van der Waals surface area contributed by atoms with Gasteiger partial charge in [0.1, 0.15) is 0 Å². The molecular formula is C21H34N2. The second-order valence-electron chi connectivity index (χ2n) is 8.64. The normalized spacial score (nSPS) is 18.7. The molecule has 2 nitrogen and oxygen atoms in total. The van der Waals surface area contributed by atoms with Gasteiger partial charge < -0.3 is 0 Å². The van der Waals surface area contributed by atoms with E-state index < -0.39 is 0 Å². The third-order valence-corrected chi connectivity index (χ3v) is 5.48. The number of rotatable bonds is 3. The molecule has 0 radical (unpaired) electrons. The number of hydrogen-bond acceptors (Lipinski definition) is 2. The monoisotopic (exact) mass is 314 g/mol. The van der Waals surface area contributed by atoms with Crippen LogP contribution < -0.4 is 0 Å². The van der Waals surface area contributed by atoms with Gasteiger partial charge >= 0.3 is 0 Å². The Hall–Kier alpha value is -1.18. The average Bonchev–Trinajstić information content (AvgIpc) is 2.45. The summed E-state index contributed by atoms with van der Waals surface area (Å²) in [5.41, 5.74) is 4.96. The minimum atomic E-state index is 0.0281. The maximum absolute atomic E-state index is 5.23. The van der Waals surface area contributed by atoms with Crippen LogP contribution >= 0.6 is 0 Å². The van der Waals surface area contributed by atoms with Gasteiger partial charge in [0, 0.05) is 10.8 Å². The van der Waals surface area contributed by atoms with Gasteiger partial charge in [-0.05, 0) is 31.6 Å². The summed E-state index contributed by atoms with van der Waals surface area (Å²) in [6.07, 6.45) is 9.95. The number of aryl methyl sites for hydroxylation is 2. The van der Waals surface area contributed by atoms with Crippen molar-refractivity contribution in [1.82, 2.24) is 9.97 Å². The summed E-state index contributed by atoms with van der Waals surface area (Å²) in [7, 11) is 0.